The van der Waals surface area contributed by atoms with Crippen molar-refractivity contribution in [2.45, 2.75) is 4.90 Å². The maximum Gasteiger partial charge on any atom is 0.285 e. The molecule has 0 saturated heterocycles. The fraction of sp³-hybridized carbons (Fsp3) is 0. The minimum absolute atomic E-state index is 0.0664. The molecule has 0 aromatic heterocycles. The van der Waals surface area contributed by atoms with Crippen molar-refractivity contribution in [3.63, 3.8) is 0 Å². The number of hydrogen-bond donors (Lipinski definition) is 0. The van der Waals surface area contributed by atoms with Crippen molar-refractivity contribution in [3.05, 3.63) is 102 Å². The maximum absolute atomic E-state index is 12.6. The number of ether oxygens (including phenoxy) is 1. The molecule has 4 nitrogen and oxygen atoms in total. The summed E-state index contributed by atoms with van der Waals surface area (Å²) in [6.07, 6.45) is 0. The van der Waals surface area contributed by atoms with Gasteiger partial charge in [0, 0.05) is 11.1 Å². The van der Waals surface area contributed by atoms with E-state index in [1.807, 2.05) is 24.3 Å². The first kappa shape index (κ1) is 18.0. The molecule has 0 radical (unpaired) electrons. The molecule has 0 aliphatic carbocycles. The molecule has 0 bridgehead atoms. The second kappa shape index (κ2) is 8.03. The zero-order valence-electron chi connectivity index (χ0n) is 13.6. The molecule has 0 saturated carbocycles. The van der Waals surface area contributed by atoms with E-state index in [0.717, 1.165) is 0 Å². The van der Waals surface area contributed by atoms with Crippen molar-refractivity contribution in [1.82, 2.24) is 0 Å². The fourth-order valence-corrected chi connectivity index (χ4v) is 3.37. The summed E-state index contributed by atoms with van der Waals surface area (Å²) in [7, 11) is -3.93. The van der Waals surface area contributed by atoms with Gasteiger partial charge in [0.15, 0.2) is 5.05 Å². The number of sulfonamides is 1. The third kappa shape index (κ3) is 4.41. The minimum atomic E-state index is -3.93. The Labute approximate surface area is 157 Å². The highest BCUT2D eigenvalue weighted by Crippen LogP contribution is 2.15. The SMILES string of the molecule is O=S(=O)(N=C(OC(=S)c1ccccc1)c1ccccc1)c1ccccc1. The first-order valence-electron chi connectivity index (χ1n) is 7.79. The molecule has 0 unspecified atom stereocenters. The van der Waals surface area contributed by atoms with Crippen LogP contribution < -0.4 is 0 Å². The average molecular weight is 381 g/mol. The number of nitrogens with zero attached hydrogens (tertiary/aromatic N) is 1. The van der Waals surface area contributed by atoms with E-state index in [0.29, 0.717) is 11.1 Å². The highest BCUT2D eigenvalue weighted by molar-refractivity contribution is 7.90. The van der Waals surface area contributed by atoms with Crippen molar-refractivity contribution >= 4 is 33.2 Å². The summed E-state index contributed by atoms with van der Waals surface area (Å²) in [5, 5.41) is 0.150. The standard InChI is InChI=1S/C20H15NO3S2/c22-26(23,18-14-8-3-9-15-18)21-19(16-10-4-1-5-11-16)24-20(25)17-12-6-2-7-13-17/h1-15H. The Morgan fingerprint density at radius 1 is 0.731 bits per heavy atom. The van der Waals surface area contributed by atoms with Crippen molar-refractivity contribution in [2.24, 2.45) is 4.40 Å². The summed E-state index contributed by atoms with van der Waals surface area (Å²) in [6.45, 7) is 0. The molecule has 0 amide bonds. The smallest absolute Gasteiger partial charge is 0.285 e. The van der Waals surface area contributed by atoms with Gasteiger partial charge in [-0.05, 0) is 36.5 Å². The van der Waals surface area contributed by atoms with Crippen LogP contribution in [0.1, 0.15) is 11.1 Å². The Bertz CT molecular complexity index is 1020. The van der Waals surface area contributed by atoms with E-state index < -0.39 is 10.0 Å². The van der Waals surface area contributed by atoms with Crippen LogP contribution in [0.25, 0.3) is 0 Å². The second-order valence-electron chi connectivity index (χ2n) is 5.31. The highest BCUT2D eigenvalue weighted by atomic mass is 32.2. The molecule has 3 aromatic rings. The van der Waals surface area contributed by atoms with Gasteiger partial charge in [-0.25, -0.2) is 0 Å². The van der Waals surface area contributed by atoms with Gasteiger partial charge in [0.2, 0.25) is 5.90 Å². The van der Waals surface area contributed by atoms with Gasteiger partial charge in [0.05, 0.1) is 4.90 Å². The van der Waals surface area contributed by atoms with Crippen LogP contribution in [-0.4, -0.2) is 19.4 Å². The van der Waals surface area contributed by atoms with Crippen molar-refractivity contribution in [2.75, 3.05) is 0 Å². The first-order valence-corrected chi connectivity index (χ1v) is 9.64. The Hall–Kier alpha value is -2.83. The van der Waals surface area contributed by atoms with Crippen LogP contribution in [0.2, 0.25) is 0 Å². The van der Waals surface area contributed by atoms with Gasteiger partial charge in [-0.1, -0.05) is 66.7 Å². The largest absolute Gasteiger partial charge is 0.425 e. The van der Waals surface area contributed by atoms with Crippen molar-refractivity contribution in [3.8, 4) is 0 Å². The van der Waals surface area contributed by atoms with Gasteiger partial charge >= 0.3 is 0 Å². The average Bonchev–Trinajstić information content (AvgIpc) is 2.69. The van der Waals surface area contributed by atoms with Gasteiger partial charge in [-0.3, -0.25) is 0 Å². The molecular weight excluding hydrogens is 366 g/mol. The molecule has 0 N–H and O–H groups in total. The summed E-state index contributed by atoms with van der Waals surface area (Å²) in [6, 6.07) is 25.9. The Morgan fingerprint density at radius 3 is 1.73 bits per heavy atom. The van der Waals surface area contributed by atoms with E-state index in [1.165, 1.54) is 12.1 Å². The van der Waals surface area contributed by atoms with Crippen molar-refractivity contribution in [1.29, 1.82) is 0 Å². The lowest BCUT2D eigenvalue weighted by Gasteiger charge is -2.10. The second-order valence-corrected chi connectivity index (χ2v) is 7.28. The maximum atomic E-state index is 12.6. The number of rotatable bonds is 4. The van der Waals surface area contributed by atoms with Gasteiger partial charge in [-0.15, -0.1) is 4.40 Å². The van der Waals surface area contributed by atoms with Gasteiger partial charge in [0.1, 0.15) is 0 Å². The lowest BCUT2D eigenvalue weighted by atomic mass is 10.2. The van der Waals surface area contributed by atoms with Crippen LogP contribution in [0.3, 0.4) is 0 Å². The van der Waals surface area contributed by atoms with Crippen LogP contribution in [0.4, 0.5) is 0 Å². The molecule has 0 heterocycles. The molecular formula is C20H15NO3S2. The molecule has 0 atom stereocenters. The highest BCUT2D eigenvalue weighted by Gasteiger charge is 2.18. The van der Waals surface area contributed by atoms with Gasteiger partial charge in [-0.2, -0.15) is 8.42 Å². The third-order valence-corrected chi connectivity index (χ3v) is 5.06. The molecule has 3 rings (SSSR count). The van der Waals surface area contributed by atoms with Crippen LogP contribution in [0.15, 0.2) is 100 Å². The molecule has 3 aromatic carbocycles. The zero-order chi connectivity index (χ0) is 18.4. The van der Waals surface area contributed by atoms with Crippen LogP contribution in [0, 0.1) is 0 Å². The third-order valence-electron chi connectivity index (χ3n) is 3.46. The number of benzene rings is 3. The molecule has 0 fully saturated rings. The first-order chi connectivity index (χ1) is 12.6. The fourth-order valence-electron chi connectivity index (χ4n) is 2.19. The summed E-state index contributed by atoms with van der Waals surface area (Å²) >= 11 is 5.30. The number of thiocarbonyl (C=S) groups is 1. The summed E-state index contributed by atoms with van der Waals surface area (Å²) in [5.74, 6) is -0.0664. The van der Waals surface area contributed by atoms with E-state index in [4.69, 9.17) is 17.0 Å². The molecule has 0 aliphatic rings. The molecule has 0 aliphatic heterocycles. The van der Waals surface area contributed by atoms with Crippen LogP contribution >= 0.6 is 12.2 Å². The topological polar surface area (TPSA) is 55.7 Å². The normalized spacial score (nSPS) is 11.8. The van der Waals surface area contributed by atoms with E-state index in [2.05, 4.69) is 4.40 Å². The quantitative estimate of drug-likeness (QED) is 0.386. The van der Waals surface area contributed by atoms with Crippen LogP contribution in [0.5, 0.6) is 0 Å². The predicted octanol–water partition coefficient (Wildman–Crippen LogP) is 4.21. The number of hydrogen-bond acceptors (Lipinski definition) is 4. The van der Waals surface area contributed by atoms with E-state index >= 15 is 0 Å². The Morgan fingerprint density at radius 2 is 1.19 bits per heavy atom. The molecule has 130 valence electrons. The summed E-state index contributed by atoms with van der Waals surface area (Å²) in [5.41, 5.74) is 1.19. The monoisotopic (exact) mass is 381 g/mol. The van der Waals surface area contributed by atoms with E-state index in [1.54, 1.807) is 54.6 Å². The molecule has 6 heteroatoms. The predicted molar refractivity (Wildman–Crippen MR) is 106 cm³/mol. The van der Waals surface area contributed by atoms with E-state index in [9.17, 15) is 8.42 Å². The van der Waals surface area contributed by atoms with Crippen molar-refractivity contribution < 1.29 is 13.2 Å². The summed E-state index contributed by atoms with van der Waals surface area (Å²) < 4.78 is 34.8. The Kier molecular flexibility index (Phi) is 5.55. The zero-order valence-corrected chi connectivity index (χ0v) is 15.3. The molecule has 26 heavy (non-hydrogen) atoms. The van der Waals surface area contributed by atoms with Gasteiger partial charge < -0.3 is 4.74 Å². The molecule has 0 spiro atoms. The summed E-state index contributed by atoms with van der Waals surface area (Å²) in [4.78, 5) is 0.0858. The minimum Gasteiger partial charge on any atom is -0.425 e. The Balaban J connectivity index is 2.01. The lowest BCUT2D eigenvalue weighted by Crippen LogP contribution is -2.15. The van der Waals surface area contributed by atoms with E-state index in [-0.39, 0.29) is 15.8 Å². The lowest BCUT2D eigenvalue weighted by molar-refractivity contribution is 0.559. The van der Waals surface area contributed by atoms with Gasteiger partial charge in [0.25, 0.3) is 10.0 Å². The van der Waals surface area contributed by atoms with Crippen LogP contribution in [-0.2, 0) is 14.8 Å².